The Labute approximate surface area is 80.5 Å². The number of nitriles is 1. The van der Waals surface area contributed by atoms with Crippen molar-refractivity contribution < 1.29 is 0 Å². The van der Waals surface area contributed by atoms with Crippen molar-refractivity contribution in [1.29, 1.82) is 5.26 Å². The van der Waals surface area contributed by atoms with Gasteiger partial charge in [-0.3, -0.25) is 0 Å². The molecule has 2 rings (SSSR count). The summed E-state index contributed by atoms with van der Waals surface area (Å²) in [7, 11) is 0. The lowest BCUT2D eigenvalue weighted by Crippen LogP contribution is -2.47. The average molecular weight is 178 g/mol. The Morgan fingerprint density at radius 1 is 1.23 bits per heavy atom. The van der Waals surface area contributed by atoms with E-state index in [2.05, 4.69) is 17.9 Å². The first-order valence-corrected chi connectivity index (χ1v) is 5.43. The smallest absolute Gasteiger partial charge is 0.0656 e. The summed E-state index contributed by atoms with van der Waals surface area (Å²) in [6.45, 7) is 4.66. The van der Waals surface area contributed by atoms with E-state index in [0.717, 1.165) is 37.9 Å². The lowest BCUT2D eigenvalue weighted by molar-refractivity contribution is 0.0615. The molecule has 0 amide bonds. The van der Waals surface area contributed by atoms with Gasteiger partial charge in [0.1, 0.15) is 0 Å². The second-order valence-electron chi connectivity index (χ2n) is 4.67. The van der Waals surface area contributed by atoms with Crippen LogP contribution in [0.1, 0.15) is 32.6 Å². The molecule has 0 atom stereocenters. The van der Waals surface area contributed by atoms with E-state index in [0.29, 0.717) is 5.92 Å². The number of hydrogen-bond acceptors (Lipinski definition) is 2. The van der Waals surface area contributed by atoms with Gasteiger partial charge < -0.3 is 4.90 Å². The predicted octanol–water partition coefficient (Wildman–Crippen LogP) is 2.02. The van der Waals surface area contributed by atoms with Gasteiger partial charge in [0.15, 0.2) is 0 Å². The van der Waals surface area contributed by atoms with Gasteiger partial charge in [0.25, 0.3) is 0 Å². The van der Waals surface area contributed by atoms with Gasteiger partial charge in [-0.1, -0.05) is 6.92 Å². The zero-order valence-electron chi connectivity index (χ0n) is 8.37. The maximum atomic E-state index is 8.76. The molecule has 1 heterocycles. The molecule has 0 bridgehead atoms. The molecule has 0 aromatic heterocycles. The van der Waals surface area contributed by atoms with Gasteiger partial charge in [-0.2, -0.15) is 5.26 Å². The number of piperidine rings is 1. The van der Waals surface area contributed by atoms with Crippen molar-refractivity contribution >= 4 is 0 Å². The van der Waals surface area contributed by atoms with E-state index in [1.165, 1.54) is 12.8 Å². The minimum Gasteiger partial charge on any atom is -0.300 e. The van der Waals surface area contributed by atoms with E-state index in [4.69, 9.17) is 5.26 Å². The Kier molecular flexibility index (Phi) is 2.55. The minimum atomic E-state index is 0.341. The Morgan fingerprint density at radius 3 is 2.31 bits per heavy atom. The van der Waals surface area contributed by atoms with Crippen LogP contribution in [0.4, 0.5) is 0 Å². The van der Waals surface area contributed by atoms with Crippen LogP contribution in [0.15, 0.2) is 0 Å². The van der Waals surface area contributed by atoms with Crippen LogP contribution in [0.3, 0.4) is 0 Å². The molecular weight excluding hydrogens is 160 g/mol. The summed E-state index contributed by atoms with van der Waals surface area (Å²) in [5, 5.41) is 8.76. The van der Waals surface area contributed by atoms with Gasteiger partial charge in [-0.05, 0) is 44.7 Å². The predicted molar refractivity (Wildman–Crippen MR) is 52.1 cm³/mol. The van der Waals surface area contributed by atoms with Crippen molar-refractivity contribution in [2.24, 2.45) is 11.8 Å². The summed E-state index contributed by atoms with van der Waals surface area (Å²) in [5.41, 5.74) is 0. The third-order valence-corrected chi connectivity index (χ3v) is 3.58. The molecule has 2 heteroatoms. The minimum absolute atomic E-state index is 0.341. The van der Waals surface area contributed by atoms with Crippen molar-refractivity contribution in [2.45, 2.75) is 38.6 Å². The number of likely N-dealkylation sites (tertiary alicyclic amines) is 1. The molecule has 0 N–H and O–H groups in total. The summed E-state index contributed by atoms with van der Waals surface area (Å²) >= 11 is 0. The van der Waals surface area contributed by atoms with E-state index in [9.17, 15) is 0 Å². The van der Waals surface area contributed by atoms with Crippen LogP contribution in [0.25, 0.3) is 0 Å². The zero-order chi connectivity index (χ0) is 9.26. The molecule has 1 saturated heterocycles. The maximum absolute atomic E-state index is 8.76. The lowest BCUT2D eigenvalue weighted by atomic mass is 9.79. The fourth-order valence-electron chi connectivity index (χ4n) is 2.55. The van der Waals surface area contributed by atoms with Gasteiger partial charge in [0.2, 0.25) is 0 Å². The average Bonchev–Trinajstić information content (AvgIpc) is 2.13. The van der Waals surface area contributed by atoms with Gasteiger partial charge in [-0.25, -0.2) is 0 Å². The molecule has 2 aliphatic rings. The molecule has 0 spiro atoms. The maximum Gasteiger partial charge on any atom is 0.0656 e. The highest BCUT2D eigenvalue weighted by molar-refractivity contribution is 4.92. The van der Waals surface area contributed by atoms with E-state index in [1.807, 2.05) is 0 Å². The molecule has 72 valence electrons. The van der Waals surface area contributed by atoms with Crippen LogP contribution < -0.4 is 0 Å². The number of nitrogens with zero attached hydrogens (tertiary/aromatic N) is 2. The highest BCUT2D eigenvalue weighted by atomic mass is 15.2. The highest BCUT2D eigenvalue weighted by Gasteiger charge is 2.32. The van der Waals surface area contributed by atoms with Crippen LogP contribution >= 0.6 is 0 Å². The molecule has 2 fully saturated rings. The first-order valence-electron chi connectivity index (χ1n) is 5.43. The molecule has 2 nitrogen and oxygen atoms in total. The van der Waals surface area contributed by atoms with Crippen LogP contribution in [0.2, 0.25) is 0 Å². The monoisotopic (exact) mass is 178 g/mol. The topological polar surface area (TPSA) is 27.0 Å². The molecule has 1 aliphatic carbocycles. The van der Waals surface area contributed by atoms with E-state index in [1.54, 1.807) is 0 Å². The van der Waals surface area contributed by atoms with E-state index in [-0.39, 0.29) is 0 Å². The van der Waals surface area contributed by atoms with Crippen molar-refractivity contribution in [3.63, 3.8) is 0 Å². The van der Waals surface area contributed by atoms with Crippen LogP contribution in [-0.4, -0.2) is 24.0 Å². The molecule has 13 heavy (non-hydrogen) atoms. The lowest BCUT2D eigenvalue weighted by Gasteiger charge is -2.44. The molecule has 0 aromatic carbocycles. The third-order valence-electron chi connectivity index (χ3n) is 3.58. The summed E-state index contributed by atoms with van der Waals surface area (Å²) in [5.74, 6) is 1.28. The second kappa shape index (κ2) is 3.67. The molecule has 0 aromatic rings. The normalized spacial score (nSPS) is 36.6. The van der Waals surface area contributed by atoms with Crippen molar-refractivity contribution in [1.82, 2.24) is 4.90 Å². The largest absolute Gasteiger partial charge is 0.300 e. The Morgan fingerprint density at radius 2 is 1.85 bits per heavy atom. The second-order valence-corrected chi connectivity index (χ2v) is 4.67. The fourth-order valence-corrected chi connectivity index (χ4v) is 2.55. The molecular formula is C11H18N2. The third kappa shape index (κ3) is 1.86. The van der Waals surface area contributed by atoms with Crippen LogP contribution in [0, 0.1) is 23.2 Å². The van der Waals surface area contributed by atoms with Crippen LogP contribution in [0.5, 0.6) is 0 Å². The quantitative estimate of drug-likeness (QED) is 0.614. The zero-order valence-corrected chi connectivity index (χ0v) is 8.37. The molecule has 1 saturated carbocycles. The number of rotatable bonds is 1. The Balaban J connectivity index is 1.76. The van der Waals surface area contributed by atoms with Crippen molar-refractivity contribution in [2.75, 3.05) is 13.1 Å². The van der Waals surface area contributed by atoms with E-state index < -0.39 is 0 Å². The Bertz CT molecular complexity index is 205. The first-order chi connectivity index (χ1) is 6.29. The van der Waals surface area contributed by atoms with Gasteiger partial charge in [0, 0.05) is 12.0 Å². The van der Waals surface area contributed by atoms with E-state index >= 15 is 0 Å². The first kappa shape index (κ1) is 9.02. The summed E-state index contributed by atoms with van der Waals surface area (Å²) in [6, 6.07) is 3.24. The Hall–Kier alpha value is -0.550. The fraction of sp³-hybridized carbons (Fsp3) is 0.909. The summed E-state index contributed by atoms with van der Waals surface area (Å²) in [6.07, 6.45) is 4.97. The van der Waals surface area contributed by atoms with Crippen molar-refractivity contribution in [3.05, 3.63) is 0 Å². The summed E-state index contributed by atoms with van der Waals surface area (Å²) in [4.78, 5) is 2.59. The molecule has 1 aliphatic heterocycles. The van der Waals surface area contributed by atoms with Gasteiger partial charge >= 0.3 is 0 Å². The highest BCUT2D eigenvalue weighted by Crippen LogP contribution is 2.33. The van der Waals surface area contributed by atoms with Gasteiger partial charge in [0.05, 0.1) is 6.07 Å². The number of hydrogen-bond donors (Lipinski definition) is 0. The van der Waals surface area contributed by atoms with Crippen LogP contribution in [-0.2, 0) is 0 Å². The molecule has 0 radical (unpaired) electrons. The van der Waals surface area contributed by atoms with Gasteiger partial charge in [-0.15, -0.1) is 0 Å². The van der Waals surface area contributed by atoms with Crippen molar-refractivity contribution in [3.8, 4) is 6.07 Å². The SMILES string of the molecule is CC1CC(N2CCC(C#N)CC2)C1. The standard InChI is InChI=1S/C11H18N2/c1-9-6-11(7-9)13-4-2-10(8-12)3-5-13/h9-11H,2-7H2,1H3. The summed E-state index contributed by atoms with van der Waals surface area (Å²) < 4.78 is 0. The molecule has 0 unspecified atom stereocenters.